The molecular formula is C18H25N5O2. The Morgan fingerprint density at radius 1 is 1.20 bits per heavy atom. The normalized spacial score (nSPS) is 15.4. The number of nitrogens with zero attached hydrogens (tertiary/aromatic N) is 5. The van der Waals surface area contributed by atoms with Crippen LogP contribution in [0.25, 0.3) is 0 Å². The zero-order chi connectivity index (χ0) is 17.6. The van der Waals surface area contributed by atoms with Gasteiger partial charge in [-0.25, -0.2) is 0 Å². The zero-order valence-electron chi connectivity index (χ0n) is 14.9. The first kappa shape index (κ1) is 17.4. The largest absolute Gasteiger partial charge is 0.365 e. The molecule has 1 aromatic carbocycles. The number of aromatic nitrogens is 2. The molecule has 2 aromatic rings. The Kier molecular flexibility index (Phi) is 5.65. The molecule has 0 aliphatic carbocycles. The van der Waals surface area contributed by atoms with Crippen LogP contribution in [0.3, 0.4) is 0 Å². The fourth-order valence-corrected chi connectivity index (χ4v) is 2.93. The number of piperazine rings is 1. The molecule has 0 unspecified atom stereocenters. The number of amides is 1. The number of anilines is 1. The van der Waals surface area contributed by atoms with Gasteiger partial charge in [-0.1, -0.05) is 30.3 Å². The second-order valence-corrected chi connectivity index (χ2v) is 6.31. The Morgan fingerprint density at radius 2 is 1.92 bits per heavy atom. The van der Waals surface area contributed by atoms with Crippen LogP contribution in [0.1, 0.15) is 18.6 Å². The van der Waals surface area contributed by atoms with Crippen LogP contribution < -0.4 is 4.90 Å². The van der Waals surface area contributed by atoms with Gasteiger partial charge in [0, 0.05) is 45.3 Å². The first-order valence-electron chi connectivity index (χ1n) is 8.73. The van der Waals surface area contributed by atoms with Crippen LogP contribution in [-0.2, 0) is 17.8 Å². The van der Waals surface area contributed by atoms with Gasteiger partial charge in [0.25, 0.3) is 0 Å². The maximum absolute atomic E-state index is 12.5. The molecule has 134 valence electrons. The third-order valence-corrected chi connectivity index (χ3v) is 4.47. The Balaban J connectivity index is 1.46. The molecule has 1 aliphatic heterocycles. The average Bonchev–Trinajstić information content (AvgIpc) is 3.10. The number of aryl methyl sites for hydroxylation is 1. The van der Waals surface area contributed by atoms with Gasteiger partial charge in [-0.2, -0.15) is 4.98 Å². The number of hydrogen-bond donors (Lipinski definition) is 0. The lowest BCUT2D eigenvalue weighted by Crippen LogP contribution is -2.50. The molecule has 0 bridgehead atoms. The first-order chi connectivity index (χ1) is 12.2. The molecule has 0 N–H and O–H groups in total. The van der Waals surface area contributed by atoms with E-state index in [0.717, 1.165) is 44.1 Å². The van der Waals surface area contributed by atoms with Crippen molar-refractivity contribution in [3.63, 3.8) is 0 Å². The monoisotopic (exact) mass is 343 g/mol. The third-order valence-electron chi connectivity index (χ3n) is 4.47. The van der Waals surface area contributed by atoms with Crippen molar-refractivity contribution in [3.8, 4) is 0 Å². The highest BCUT2D eigenvalue weighted by Crippen LogP contribution is 2.12. The summed E-state index contributed by atoms with van der Waals surface area (Å²) in [5.74, 6) is 1.56. The fraction of sp³-hybridized carbons (Fsp3) is 0.500. The fourth-order valence-electron chi connectivity index (χ4n) is 2.93. The van der Waals surface area contributed by atoms with E-state index in [9.17, 15) is 4.79 Å². The van der Waals surface area contributed by atoms with Gasteiger partial charge in [-0.3, -0.25) is 9.69 Å². The summed E-state index contributed by atoms with van der Waals surface area (Å²) in [7, 11) is 1.95. The van der Waals surface area contributed by atoms with E-state index in [2.05, 4.69) is 15.0 Å². The van der Waals surface area contributed by atoms with E-state index in [1.807, 2.05) is 54.1 Å². The minimum Gasteiger partial charge on any atom is -0.365 e. The maximum atomic E-state index is 12.5. The third kappa shape index (κ3) is 4.57. The van der Waals surface area contributed by atoms with Crippen molar-refractivity contribution >= 4 is 11.6 Å². The van der Waals surface area contributed by atoms with E-state index in [4.69, 9.17) is 4.52 Å². The zero-order valence-corrected chi connectivity index (χ0v) is 14.9. The molecule has 1 fully saturated rings. The number of benzene rings is 1. The lowest BCUT2D eigenvalue weighted by molar-refractivity contribution is -0.131. The summed E-state index contributed by atoms with van der Waals surface area (Å²) < 4.78 is 5.14. The molecular weight excluding hydrogens is 318 g/mol. The predicted molar refractivity (Wildman–Crippen MR) is 95.2 cm³/mol. The molecule has 1 aromatic heterocycles. The molecule has 0 atom stereocenters. The lowest BCUT2D eigenvalue weighted by atomic mass is 10.2. The number of carbonyl (C=O) groups is 1. The summed E-state index contributed by atoms with van der Waals surface area (Å²) in [5, 5.41) is 3.99. The van der Waals surface area contributed by atoms with E-state index < -0.39 is 0 Å². The number of para-hydroxylation sites is 1. The van der Waals surface area contributed by atoms with Crippen LogP contribution in [0.2, 0.25) is 0 Å². The van der Waals surface area contributed by atoms with Crippen LogP contribution in [0.15, 0.2) is 34.9 Å². The Hall–Kier alpha value is -2.41. The van der Waals surface area contributed by atoms with E-state index in [1.54, 1.807) is 0 Å². The SMILES string of the molecule is CCc1nc(CN2CCN(C(=O)CN(C)c3ccccc3)CC2)no1. The van der Waals surface area contributed by atoms with Gasteiger partial charge in [0.05, 0.1) is 13.1 Å². The number of rotatable bonds is 6. The van der Waals surface area contributed by atoms with Crippen molar-refractivity contribution in [1.82, 2.24) is 19.9 Å². The molecule has 2 heterocycles. The minimum atomic E-state index is 0.166. The van der Waals surface area contributed by atoms with Crippen molar-refractivity contribution in [1.29, 1.82) is 0 Å². The summed E-state index contributed by atoms with van der Waals surface area (Å²) >= 11 is 0. The summed E-state index contributed by atoms with van der Waals surface area (Å²) in [6.45, 7) is 6.20. The van der Waals surface area contributed by atoms with Crippen LogP contribution in [0.5, 0.6) is 0 Å². The van der Waals surface area contributed by atoms with Gasteiger partial charge in [-0.15, -0.1) is 0 Å². The summed E-state index contributed by atoms with van der Waals surface area (Å²) in [6.07, 6.45) is 0.754. The maximum Gasteiger partial charge on any atom is 0.242 e. The number of carbonyl (C=O) groups excluding carboxylic acids is 1. The topological polar surface area (TPSA) is 65.7 Å². The molecule has 1 aliphatic rings. The highest BCUT2D eigenvalue weighted by atomic mass is 16.5. The molecule has 0 spiro atoms. The van der Waals surface area contributed by atoms with Crippen molar-refractivity contribution in [2.24, 2.45) is 0 Å². The number of hydrogen-bond acceptors (Lipinski definition) is 6. The quantitative estimate of drug-likeness (QED) is 0.790. The van der Waals surface area contributed by atoms with Gasteiger partial charge >= 0.3 is 0 Å². The standard InChI is InChI=1S/C18H25N5O2/c1-3-17-19-16(20-25-17)13-22-9-11-23(12-10-22)18(24)14-21(2)15-7-5-4-6-8-15/h4-8H,3,9-14H2,1-2H3. The van der Waals surface area contributed by atoms with Gasteiger partial charge < -0.3 is 14.3 Å². The van der Waals surface area contributed by atoms with E-state index >= 15 is 0 Å². The Morgan fingerprint density at radius 3 is 2.56 bits per heavy atom. The summed E-state index contributed by atoms with van der Waals surface area (Å²) in [5.41, 5.74) is 1.05. The van der Waals surface area contributed by atoms with Gasteiger partial charge in [0.15, 0.2) is 5.82 Å². The molecule has 1 amide bonds. The van der Waals surface area contributed by atoms with Crippen LogP contribution in [-0.4, -0.2) is 65.6 Å². The van der Waals surface area contributed by atoms with Crippen LogP contribution >= 0.6 is 0 Å². The van der Waals surface area contributed by atoms with Gasteiger partial charge in [0.2, 0.25) is 11.8 Å². The van der Waals surface area contributed by atoms with E-state index in [1.165, 1.54) is 0 Å². The molecule has 7 heteroatoms. The van der Waals surface area contributed by atoms with Crippen molar-refractivity contribution < 1.29 is 9.32 Å². The summed E-state index contributed by atoms with van der Waals surface area (Å²) in [6, 6.07) is 9.97. The molecule has 3 rings (SSSR count). The van der Waals surface area contributed by atoms with Crippen LogP contribution in [0, 0.1) is 0 Å². The summed E-state index contributed by atoms with van der Waals surface area (Å²) in [4.78, 5) is 23.0. The van der Waals surface area contributed by atoms with Gasteiger partial charge in [-0.05, 0) is 12.1 Å². The molecule has 1 saturated heterocycles. The highest BCUT2D eigenvalue weighted by molar-refractivity contribution is 5.81. The minimum absolute atomic E-state index is 0.166. The number of likely N-dealkylation sites (N-methyl/N-ethyl adjacent to an activating group) is 1. The van der Waals surface area contributed by atoms with Crippen molar-refractivity contribution in [3.05, 3.63) is 42.0 Å². The second-order valence-electron chi connectivity index (χ2n) is 6.31. The Bertz CT molecular complexity index is 680. The van der Waals surface area contributed by atoms with Gasteiger partial charge in [0.1, 0.15) is 0 Å². The van der Waals surface area contributed by atoms with E-state index in [0.29, 0.717) is 19.0 Å². The Labute approximate surface area is 148 Å². The first-order valence-corrected chi connectivity index (χ1v) is 8.73. The highest BCUT2D eigenvalue weighted by Gasteiger charge is 2.23. The predicted octanol–water partition coefficient (Wildman–Crippen LogP) is 1.41. The molecule has 7 nitrogen and oxygen atoms in total. The smallest absolute Gasteiger partial charge is 0.242 e. The molecule has 0 saturated carbocycles. The second kappa shape index (κ2) is 8.11. The average molecular weight is 343 g/mol. The van der Waals surface area contributed by atoms with E-state index in [-0.39, 0.29) is 5.91 Å². The van der Waals surface area contributed by atoms with Crippen LogP contribution in [0.4, 0.5) is 5.69 Å². The van der Waals surface area contributed by atoms with Crippen molar-refractivity contribution in [2.45, 2.75) is 19.9 Å². The molecule has 0 radical (unpaired) electrons. The molecule has 25 heavy (non-hydrogen) atoms. The van der Waals surface area contributed by atoms with Crippen molar-refractivity contribution in [2.75, 3.05) is 44.7 Å². The lowest BCUT2D eigenvalue weighted by Gasteiger charge is -2.35.